The summed E-state index contributed by atoms with van der Waals surface area (Å²) in [4.78, 5) is 4.60. The van der Waals surface area contributed by atoms with Crippen molar-refractivity contribution in [3.8, 4) is 0 Å². The van der Waals surface area contributed by atoms with E-state index in [0.29, 0.717) is 15.9 Å². The molecule has 0 saturated heterocycles. The van der Waals surface area contributed by atoms with Crippen LogP contribution in [0, 0.1) is 9.39 Å². The standard InChI is InChI=1S/C15H19ClFIN2O/c1-21-8-4-2-3-7-20-14-9-11(17)12(18)10-13(14)19-15(20)5-6-16/h9-10H,2-8H2,1H3. The van der Waals surface area contributed by atoms with Crippen molar-refractivity contribution < 1.29 is 9.13 Å². The van der Waals surface area contributed by atoms with Crippen LogP contribution in [0.2, 0.25) is 0 Å². The summed E-state index contributed by atoms with van der Waals surface area (Å²) in [5, 5.41) is 0. The number of alkyl halides is 1. The SMILES string of the molecule is COCCCCCn1c(CCCl)nc2cc(I)c(F)cc21. The van der Waals surface area contributed by atoms with E-state index in [2.05, 4.69) is 9.55 Å². The first-order chi connectivity index (χ1) is 10.2. The number of fused-ring (bicyclic) bond motifs is 1. The van der Waals surface area contributed by atoms with E-state index in [1.54, 1.807) is 19.2 Å². The van der Waals surface area contributed by atoms with E-state index in [0.717, 1.165) is 49.3 Å². The number of rotatable bonds is 8. The van der Waals surface area contributed by atoms with Crippen LogP contribution in [-0.4, -0.2) is 29.1 Å². The Kier molecular flexibility index (Phi) is 6.70. The molecular formula is C15H19ClFIN2O. The van der Waals surface area contributed by atoms with Gasteiger partial charge in [0.25, 0.3) is 0 Å². The van der Waals surface area contributed by atoms with Gasteiger partial charge in [-0.3, -0.25) is 0 Å². The normalized spacial score (nSPS) is 11.4. The molecule has 0 saturated carbocycles. The van der Waals surface area contributed by atoms with Crippen molar-refractivity contribution in [2.75, 3.05) is 19.6 Å². The van der Waals surface area contributed by atoms with Gasteiger partial charge in [0.1, 0.15) is 11.6 Å². The minimum absolute atomic E-state index is 0.193. The third-order valence-electron chi connectivity index (χ3n) is 3.42. The Hall–Kier alpha value is -0.400. The van der Waals surface area contributed by atoms with Crippen molar-refractivity contribution in [3.05, 3.63) is 27.3 Å². The topological polar surface area (TPSA) is 27.1 Å². The lowest BCUT2D eigenvalue weighted by Crippen LogP contribution is -2.05. The number of nitrogens with zero attached hydrogens (tertiary/aromatic N) is 2. The van der Waals surface area contributed by atoms with E-state index in [1.807, 2.05) is 22.6 Å². The lowest BCUT2D eigenvalue weighted by atomic mass is 10.2. The van der Waals surface area contributed by atoms with Gasteiger partial charge in [-0.1, -0.05) is 0 Å². The summed E-state index contributed by atoms with van der Waals surface area (Å²) in [6, 6.07) is 3.38. The number of aryl methyl sites for hydroxylation is 2. The summed E-state index contributed by atoms with van der Waals surface area (Å²) in [6.45, 7) is 1.62. The van der Waals surface area contributed by atoms with Crippen LogP contribution in [0.5, 0.6) is 0 Å². The maximum Gasteiger partial charge on any atom is 0.138 e. The Labute approximate surface area is 143 Å². The van der Waals surface area contributed by atoms with Gasteiger partial charge in [0.05, 0.1) is 14.6 Å². The molecule has 1 heterocycles. The van der Waals surface area contributed by atoms with Gasteiger partial charge in [0.2, 0.25) is 0 Å². The molecule has 0 atom stereocenters. The van der Waals surface area contributed by atoms with Gasteiger partial charge >= 0.3 is 0 Å². The molecule has 0 fully saturated rings. The smallest absolute Gasteiger partial charge is 0.138 e. The summed E-state index contributed by atoms with van der Waals surface area (Å²) in [5.41, 5.74) is 1.71. The van der Waals surface area contributed by atoms with E-state index in [-0.39, 0.29) is 5.82 Å². The predicted octanol–water partition coefficient (Wildman–Crippen LogP) is 4.38. The Bertz CT molecular complexity index is 603. The van der Waals surface area contributed by atoms with Crippen LogP contribution in [0.15, 0.2) is 12.1 Å². The molecule has 0 spiro atoms. The Morgan fingerprint density at radius 2 is 2.14 bits per heavy atom. The zero-order chi connectivity index (χ0) is 15.2. The zero-order valence-electron chi connectivity index (χ0n) is 12.0. The van der Waals surface area contributed by atoms with Crippen molar-refractivity contribution in [1.82, 2.24) is 9.55 Å². The Morgan fingerprint density at radius 1 is 1.33 bits per heavy atom. The molecule has 2 rings (SSSR count). The van der Waals surface area contributed by atoms with Crippen molar-refractivity contribution in [3.63, 3.8) is 0 Å². The third-order valence-corrected chi connectivity index (χ3v) is 4.43. The number of benzene rings is 1. The molecule has 3 nitrogen and oxygen atoms in total. The van der Waals surface area contributed by atoms with Gasteiger partial charge in [-0.25, -0.2) is 9.37 Å². The van der Waals surface area contributed by atoms with E-state index in [1.165, 1.54) is 0 Å². The summed E-state index contributed by atoms with van der Waals surface area (Å²) in [7, 11) is 1.71. The van der Waals surface area contributed by atoms with E-state index >= 15 is 0 Å². The molecule has 0 aliphatic carbocycles. The van der Waals surface area contributed by atoms with Crippen LogP contribution >= 0.6 is 34.2 Å². The Morgan fingerprint density at radius 3 is 2.86 bits per heavy atom. The summed E-state index contributed by atoms with van der Waals surface area (Å²) < 4.78 is 21.6. The summed E-state index contributed by atoms with van der Waals surface area (Å²) in [6.07, 6.45) is 3.85. The van der Waals surface area contributed by atoms with Crippen molar-refractivity contribution in [2.24, 2.45) is 0 Å². The van der Waals surface area contributed by atoms with Crippen molar-refractivity contribution >= 4 is 45.2 Å². The van der Waals surface area contributed by atoms with Crippen LogP contribution in [0.4, 0.5) is 4.39 Å². The number of unbranched alkanes of at least 4 members (excludes halogenated alkanes) is 2. The minimum Gasteiger partial charge on any atom is -0.385 e. The molecular weight excluding hydrogens is 406 g/mol. The van der Waals surface area contributed by atoms with Gasteiger partial charge in [-0.05, 0) is 47.9 Å². The van der Waals surface area contributed by atoms with Crippen LogP contribution in [-0.2, 0) is 17.7 Å². The number of halogens is 3. The number of methoxy groups -OCH3 is 1. The molecule has 0 N–H and O–H groups in total. The summed E-state index contributed by atoms with van der Waals surface area (Å²) in [5.74, 6) is 1.27. The van der Waals surface area contributed by atoms with E-state index in [4.69, 9.17) is 16.3 Å². The van der Waals surface area contributed by atoms with Crippen molar-refractivity contribution in [1.29, 1.82) is 0 Å². The zero-order valence-corrected chi connectivity index (χ0v) is 15.0. The van der Waals surface area contributed by atoms with Gasteiger partial charge in [-0.15, -0.1) is 11.6 Å². The molecule has 0 bridgehead atoms. The predicted molar refractivity (Wildman–Crippen MR) is 92.6 cm³/mol. The number of ether oxygens (including phenoxy) is 1. The van der Waals surface area contributed by atoms with E-state index in [9.17, 15) is 4.39 Å². The Balaban J connectivity index is 2.21. The lowest BCUT2D eigenvalue weighted by Gasteiger charge is -2.08. The number of hydrogen-bond acceptors (Lipinski definition) is 2. The number of imidazole rings is 1. The van der Waals surface area contributed by atoms with Crippen LogP contribution in [0.3, 0.4) is 0 Å². The molecule has 6 heteroatoms. The fourth-order valence-corrected chi connectivity index (χ4v) is 3.01. The highest BCUT2D eigenvalue weighted by Crippen LogP contribution is 2.23. The second-order valence-corrected chi connectivity index (χ2v) is 6.47. The minimum atomic E-state index is -0.193. The average Bonchev–Trinajstić information content (AvgIpc) is 2.77. The van der Waals surface area contributed by atoms with E-state index < -0.39 is 0 Å². The third kappa shape index (κ3) is 4.29. The molecule has 116 valence electrons. The highest BCUT2D eigenvalue weighted by atomic mass is 127. The maximum atomic E-state index is 13.8. The largest absolute Gasteiger partial charge is 0.385 e. The first kappa shape index (κ1) is 17.0. The highest BCUT2D eigenvalue weighted by Gasteiger charge is 2.13. The van der Waals surface area contributed by atoms with Crippen LogP contribution < -0.4 is 0 Å². The van der Waals surface area contributed by atoms with Gasteiger partial charge < -0.3 is 9.30 Å². The highest BCUT2D eigenvalue weighted by molar-refractivity contribution is 14.1. The quantitative estimate of drug-likeness (QED) is 0.357. The number of aromatic nitrogens is 2. The molecule has 1 aromatic carbocycles. The molecule has 0 aliphatic heterocycles. The van der Waals surface area contributed by atoms with Gasteiger partial charge in [-0.2, -0.15) is 0 Å². The maximum absolute atomic E-state index is 13.8. The van der Waals surface area contributed by atoms with Crippen LogP contribution in [0.1, 0.15) is 25.1 Å². The molecule has 0 aliphatic rings. The molecule has 0 radical (unpaired) electrons. The fourth-order valence-electron chi connectivity index (χ4n) is 2.39. The van der Waals surface area contributed by atoms with Crippen LogP contribution in [0.25, 0.3) is 11.0 Å². The first-order valence-corrected chi connectivity index (χ1v) is 8.67. The molecule has 0 unspecified atom stereocenters. The monoisotopic (exact) mass is 424 g/mol. The molecule has 1 aromatic heterocycles. The first-order valence-electron chi connectivity index (χ1n) is 7.06. The fraction of sp³-hybridized carbons (Fsp3) is 0.533. The lowest BCUT2D eigenvalue weighted by molar-refractivity contribution is 0.191. The molecule has 0 amide bonds. The molecule has 21 heavy (non-hydrogen) atoms. The summed E-state index contributed by atoms with van der Waals surface area (Å²) >= 11 is 7.85. The van der Waals surface area contributed by atoms with Gasteiger partial charge in [0.15, 0.2) is 0 Å². The second kappa shape index (κ2) is 8.29. The molecule has 2 aromatic rings. The van der Waals surface area contributed by atoms with Gasteiger partial charge in [0, 0.05) is 38.6 Å². The van der Waals surface area contributed by atoms with Crippen molar-refractivity contribution in [2.45, 2.75) is 32.2 Å². The average molecular weight is 425 g/mol. The second-order valence-electron chi connectivity index (χ2n) is 4.93. The number of hydrogen-bond donors (Lipinski definition) is 0.